The van der Waals surface area contributed by atoms with Gasteiger partial charge in [-0.05, 0) is 67.1 Å². The summed E-state index contributed by atoms with van der Waals surface area (Å²) >= 11 is 0. The molecule has 172 valence electrons. The number of nitrogens with two attached hydrogens (primary N) is 1. The number of hydrogen-bond donors (Lipinski definition) is 3. The quantitative estimate of drug-likeness (QED) is 0.404. The SMILES string of the molecule is COc1cc2c(cc1Nc1ncc3ccc(Nc4cc(C(N)=O)ccn4)cc3n1)CN(C)CC2. The lowest BCUT2D eigenvalue weighted by atomic mass is 9.99. The second-order valence-corrected chi connectivity index (χ2v) is 8.32. The summed E-state index contributed by atoms with van der Waals surface area (Å²) in [7, 11) is 3.79. The first-order chi connectivity index (χ1) is 16.5. The van der Waals surface area contributed by atoms with Crippen LogP contribution >= 0.6 is 0 Å². The predicted octanol–water partition coefficient (Wildman–Crippen LogP) is 3.61. The number of carbonyl (C=O) groups excluding carboxylic acids is 1. The molecular formula is C25H25N7O2. The van der Waals surface area contributed by atoms with Crippen molar-refractivity contribution in [3.8, 4) is 5.75 Å². The fraction of sp³-hybridized carbons (Fsp3) is 0.200. The summed E-state index contributed by atoms with van der Waals surface area (Å²) in [5.74, 6) is 1.26. The summed E-state index contributed by atoms with van der Waals surface area (Å²) in [5, 5.41) is 7.41. The second kappa shape index (κ2) is 8.95. The Kier molecular flexibility index (Phi) is 5.69. The van der Waals surface area contributed by atoms with Gasteiger partial charge in [0.15, 0.2) is 0 Å². The predicted molar refractivity (Wildman–Crippen MR) is 132 cm³/mol. The highest BCUT2D eigenvalue weighted by atomic mass is 16.5. The van der Waals surface area contributed by atoms with Gasteiger partial charge in [0.05, 0.1) is 18.3 Å². The largest absolute Gasteiger partial charge is 0.495 e. The molecule has 2 aromatic heterocycles. The summed E-state index contributed by atoms with van der Waals surface area (Å²) in [4.78, 5) is 27.2. The van der Waals surface area contributed by atoms with E-state index in [0.717, 1.165) is 47.5 Å². The van der Waals surface area contributed by atoms with Crippen molar-refractivity contribution in [2.45, 2.75) is 13.0 Å². The van der Waals surface area contributed by atoms with Crippen LogP contribution in [0.1, 0.15) is 21.5 Å². The molecule has 1 aliphatic rings. The highest BCUT2D eigenvalue weighted by Gasteiger charge is 2.17. The van der Waals surface area contributed by atoms with Crippen LogP contribution in [-0.4, -0.2) is 46.5 Å². The zero-order valence-corrected chi connectivity index (χ0v) is 19.0. The van der Waals surface area contributed by atoms with Crippen LogP contribution < -0.4 is 21.1 Å². The standard InChI is InChI=1S/C25H25N7O2/c1-32-8-6-15-10-22(34-2)21(9-18(15)14-32)31-25-28-13-17-3-4-19(12-20(17)30-25)29-23-11-16(24(26)33)5-7-27-23/h3-5,7,9-13H,6,8,14H2,1-2H3,(H2,26,33)(H,27,29)(H,28,30,31). The lowest BCUT2D eigenvalue weighted by Crippen LogP contribution is -2.26. The van der Waals surface area contributed by atoms with Gasteiger partial charge in [-0.1, -0.05) is 0 Å². The van der Waals surface area contributed by atoms with Crippen LogP contribution in [0.2, 0.25) is 0 Å². The van der Waals surface area contributed by atoms with E-state index < -0.39 is 5.91 Å². The maximum atomic E-state index is 11.4. The van der Waals surface area contributed by atoms with Gasteiger partial charge >= 0.3 is 0 Å². The molecule has 2 aromatic carbocycles. The van der Waals surface area contributed by atoms with Gasteiger partial charge in [-0.2, -0.15) is 0 Å². The van der Waals surface area contributed by atoms with Crippen molar-refractivity contribution in [3.63, 3.8) is 0 Å². The average molecular weight is 456 g/mol. The number of methoxy groups -OCH3 is 1. The smallest absolute Gasteiger partial charge is 0.248 e. The van der Waals surface area contributed by atoms with Crippen molar-refractivity contribution < 1.29 is 9.53 Å². The number of ether oxygens (including phenoxy) is 1. The van der Waals surface area contributed by atoms with Crippen LogP contribution in [0.3, 0.4) is 0 Å². The van der Waals surface area contributed by atoms with Crippen molar-refractivity contribution >= 4 is 40.0 Å². The van der Waals surface area contributed by atoms with Crippen LogP contribution in [0.5, 0.6) is 5.75 Å². The Balaban J connectivity index is 1.42. The molecule has 0 radical (unpaired) electrons. The van der Waals surface area contributed by atoms with Gasteiger partial charge in [0.2, 0.25) is 11.9 Å². The molecule has 1 amide bonds. The minimum atomic E-state index is -0.503. The topological polar surface area (TPSA) is 118 Å². The lowest BCUT2D eigenvalue weighted by Gasteiger charge is -2.26. The normalized spacial score (nSPS) is 13.4. The van der Waals surface area contributed by atoms with Gasteiger partial charge in [0.1, 0.15) is 11.6 Å². The first kappa shape index (κ1) is 21.6. The van der Waals surface area contributed by atoms with E-state index >= 15 is 0 Å². The molecule has 0 aliphatic carbocycles. The first-order valence-electron chi connectivity index (χ1n) is 10.9. The number of nitrogens with zero attached hydrogens (tertiary/aromatic N) is 4. The minimum absolute atomic E-state index is 0.386. The number of anilines is 4. The van der Waals surface area contributed by atoms with Gasteiger partial charge in [-0.15, -0.1) is 0 Å². The number of pyridine rings is 1. The molecule has 4 aromatic rings. The Labute approximate surface area is 197 Å². The fourth-order valence-electron chi connectivity index (χ4n) is 4.08. The van der Waals surface area contributed by atoms with Gasteiger partial charge in [-0.25, -0.2) is 15.0 Å². The number of amides is 1. The lowest BCUT2D eigenvalue weighted by molar-refractivity contribution is 0.1000. The van der Waals surface area contributed by atoms with E-state index in [1.165, 1.54) is 17.3 Å². The molecule has 0 fully saturated rings. The highest BCUT2D eigenvalue weighted by molar-refractivity contribution is 5.93. The van der Waals surface area contributed by atoms with Crippen LogP contribution in [0.4, 0.5) is 23.1 Å². The monoisotopic (exact) mass is 455 g/mol. The molecule has 0 spiro atoms. The number of likely N-dealkylation sites (N-methyl/N-ethyl adjacent to an activating group) is 1. The van der Waals surface area contributed by atoms with Crippen molar-refractivity contribution in [2.24, 2.45) is 5.73 Å². The Hall–Kier alpha value is -4.24. The van der Waals surface area contributed by atoms with E-state index in [1.807, 2.05) is 18.2 Å². The fourth-order valence-corrected chi connectivity index (χ4v) is 4.08. The molecule has 0 saturated heterocycles. The molecule has 3 heterocycles. The van der Waals surface area contributed by atoms with Crippen molar-refractivity contribution in [1.82, 2.24) is 19.9 Å². The second-order valence-electron chi connectivity index (χ2n) is 8.32. The molecule has 0 bridgehead atoms. The van der Waals surface area contributed by atoms with Gasteiger partial charge in [0, 0.05) is 42.1 Å². The Morgan fingerprint density at radius 2 is 1.97 bits per heavy atom. The Morgan fingerprint density at radius 3 is 2.79 bits per heavy atom. The zero-order valence-electron chi connectivity index (χ0n) is 19.0. The summed E-state index contributed by atoms with van der Waals surface area (Å²) in [6.45, 7) is 1.93. The minimum Gasteiger partial charge on any atom is -0.495 e. The van der Waals surface area contributed by atoms with E-state index in [0.29, 0.717) is 17.3 Å². The number of rotatable bonds is 6. The molecule has 9 nitrogen and oxygen atoms in total. The van der Waals surface area contributed by atoms with Crippen molar-refractivity contribution in [2.75, 3.05) is 31.3 Å². The number of hydrogen-bond acceptors (Lipinski definition) is 8. The number of benzene rings is 2. The molecule has 34 heavy (non-hydrogen) atoms. The van der Waals surface area contributed by atoms with Gasteiger partial charge < -0.3 is 26.0 Å². The maximum absolute atomic E-state index is 11.4. The van der Waals surface area contributed by atoms with E-state index in [9.17, 15) is 4.79 Å². The number of fused-ring (bicyclic) bond motifs is 2. The molecule has 9 heteroatoms. The summed E-state index contributed by atoms with van der Waals surface area (Å²) < 4.78 is 5.63. The van der Waals surface area contributed by atoms with Crippen LogP contribution in [-0.2, 0) is 13.0 Å². The van der Waals surface area contributed by atoms with Crippen LogP contribution in [0.15, 0.2) is 54.9 Å². The number of primary amides is 1. The summed E-state index contributed by atoms with van der Waals surface area (Å²) in [6.07, 6.45) is 4.32. The van der Waals surface area contributed by atoms with Gasteiger partial charge in [0.25, 0.3) is 0 Å². The van der Waals surface area contributed by atoms with Crippen molar-refractivity contribution in [1.29, 1.82) is 0 Å². The van der Waals surface area contributed by atoms with E-state index in [-0.39, 0.29) is 0 Å². The molecule has 5 rings (SSSR count). The van der Waals surface area contributed by atoms with Gasteiger partial charge in [-0.3, -0.25) is 4.79 Å². The third-order valence-corrected chi connectivity index (χ3v) is 5.87. The Bertz CT molecular complexity index is 1390. The van der Waals surface area contributed by atoms with Crippen LogP contribution in [0.25, 0.3) is 10.9 Å². The highest BCUT2D eigenvalue weighted by Crippen LogP contribution is 2.33. The molecular weight excluding hydrogens is 430 g/mol. The first-order valence-corrected chi connectivity index (χ1v) is 10.9. The number of carbonyl (C=O) groups is 1. The van der Waals surface area contributed by atoms with E-state index in [4.69, 9.17) is 15.5 Å². The Morgan fingerprint density at radius 1 is 1.09 bits per heavy atom. The van der Waals surface area contributed by atoms with Crippen molar-refractivity contribution in [3.05, 3.63) is 71.5 Å². The van der Waals surface area contributed by atoms with E-state index in [1.54, 1.807) is 25.4 Å². The summed E-state index contributed by atoms with van der Waals surface area (Å²) in [5.41, 5.74) is 10.7. The average Bonchev–Trinajstić information content (AvgIpc) is 2.83. The molecule has 4 N–H and O–H groups in total. The summed E-state index contributed by atoms with van der Waals surface area (Å²) in [6, 6.07) is 13.1. The maximum Gasteiger partial charge on any atom is 0.248 e. The molecule has 0 atom stereocenters. The van der Waals surface area contributed by atoms with E-state index in [2.05, 4.69) is 44.7 Å². The number of aromatic nitrogens is 3. The van der Waals surface area contributed by atoms with Crippen LogP contribution in [0, 0.1) is 0 Å². The molecule has 0 saturated carbocycles. The third-order valence-electron chi connectivity index (χ3n) is 5.87. The molecule has 0 unspecified atom stereocenters. The number of nitrogens with one attached hydrogen (secondary N) is 2. The molecule has 1 aliphatic heterocycles. The zero-order chi connectivity index (χ0) is 23.7. The third kappa shape index (κ3) is 4.46.